The molecule has 0 aliphatic rings. The molecular weight excluding hydrogens is 310 g/mol. The van der Waals surface area contributed by atoms with E-state index in [-0.39, 0.29) is 15.7 Å². The summed E-state index contributed by atoms with van der Waals surface area (Å²) in [5.74, 6) is 0.265. The van der Waals surface area contributed by atoms with E-state index in [4.69, 9.17) is 16.0 Å². The average Bonchev–Trinajstić information content (AvgIpc) is 2.81. The van der Waals surface area contributed by atoms with Crippen LogP contribution in [0.3, 0.4) is 0 Å². The van der Waals surface area contributed by atoms with E-state index in [0.717, 1.165) is 6.42 Å². The summed E-state index contributed by atoms with van der Waals surface area (Å²) in [7, 11) is 0. The van der Waals surface area contributed by atoms with E-state index >= 15 is 0 Å². The first-order valence-electron chi connectivity index (χ1n) is 5.04. The van der Waals surface area contributed by atoms with Gasteiger partial charge in [0, 0.05) is 5.56 Å². The normalized spacial score (nSPS) is 12.7. The highest BCUT2D eigenvalue weighted by molar-refractivity contribution is 9.09. The number of halogens is 3. The summed E-state index contributed by atoms with van der Waals surface area (Å²) < 4.78 is 18.7. The fourth-order valence-corrected chi connectivity index (χ4v) is 1.58. The molecule has 3 nitrogen and oxygen atoms in total. The molecule has 1 heterocycles. The predicted molar refractivity (Wildman–Crippen MR) is 66.7 cm³/mol. The van der Waals surface area contributed by atoms with Gasteiger partial charge in [-0.05, 0) is 24.6 Å². The standard InChI is InChI=1S/C11H9BrClFN2O/c1-2-7(12)11-16-15-10(17-11)6-3-4-8(13)9(14)5-6/h3-5,7H,2H2,1H3. The van der Waals surface area contributed by atoms with Crippen LogP contribution in [-0.2, 0) is 0 Å². The summed E-state index contributed by atoms with van der Waals surface area (Å²) in [6.07, 6.45) is 0.830. The largest absolute Gasteiger partial charge is 0.419 e. The van der Waals surface area contributed by atoms with Crippen molar-refractivity contribution in [3.05, 3.63) is 34.9 Å². The van der Waals surface area contributed by atoms with Gasteiger partial charge in [0.25, 0.3) is 0 Å². The van der Waals surface area contributed by atoms with E-state index in [2.05, 4.69) is 26.1 Å². The van der Waals surface area contributed by atoms with Crippen molar-refractivity contribution in [3.63, 3.8) is 0 Å². The van der Waals surface area contributed by atoms with E-state index in [1.165, 1.54) is 12.1 Å². The molecule has 0 saturated heterocycles. The van der Waals surface area contributed by atoms with E-state index in [1.807, 2.05) is 6.92 Å². The molecule has 0 saturated carbocycles. The van der Waals surface area contributed by atoms with Crippen molar-refractivity contribution in [2.75, 3.05) is 0 Å². The molecule has 0 bridgehead atoms. The van der Waals surface area contributed by atoms with Crippen molar-refractivity contribution < 1.29 is 8.81 Å². The minimum atomic E-state index is -0.505. The lowest BCUT2D eigenvalue weighted by Gasteiger charge is -1.99. The van der Waals surface area contributed by atoms with E-state index < -0.39 is 5.82 Å². The third-order valence-corrected chi connectivity index (χ3v) is 3.58. The van der Waals surface area contributed by atoms with Crippen LogP contribution >= 0.6 is 27.5 Å². The number of alkyl halides is 1. The molecule has 0 N–H and O–H groups in total. The van der Waals surface area contributed by atoms with Gasteiger partial charge in [0.1, 0.15) is 5.82 Å². The molecule has 0 aliphatic carbocycles. The summed E-state index contributed by atoms with van der Waals surface area (Å²) >= 11 is 9.00. The summed E-state index contributed by atoms with van der Waals surface area (Å²) in [5, 5.41) is 7.84. The first-order chi connectivity index (χ1) is 8.11. The highest BCUT2D eigenvalue weighted by Gasteiger charge is 2.15. The topological polar surface area (TPSA) is 38.9 Å². The lowest BCUT2D eigenvalue weighted by atomic mass is 10.2. The lowest BCUT2D eigenvalue weighted by molar-refractivity contribution is 0.500. The number of hydrogen-bond acceptors (Lipinski definition) is 3. The Balaban J connectivity index is 2.33. The van der Waals surface area contributed by atoms with Crippen LogP contribution in [0.4, 0.5) is 4.39 Å². The Labute approximate surface area is 111 Å². The highest BCUT2D eigenvalue weighted by Crippen LogP contribution is 2.28. The molecular formula is C11H9BrClFN2O. The molecule has 1 atom stereocenters. The van der Waals surface area contributed by atoms with Crippen molar-refractivity contribution in [3.8, 4) is 11.5 Å². The second-order valence-corrected chi connectivity index (χ2v) is 4.96. The van der Waals surface area contributed by atoms with Gasteiger partial charge in [-0.2, -0.15) is 0 Å². The minimum Gasteiger partial charge on any atom is -0.419 e. The maximum Gasteiger partial charge on any atom is 0.247 e. The van der Waals surface area contributed by atoms with Gasteiger partial charge in [0.2, 0.25) is 11.8 Å². The molecule has 0 fully saturated rings. The average molecular weight is 320 g/mol. The fourth-order valence-electron chi connectivity index (χ4n) is 1.28. The quantitative estimate of drug-likeness (QED) is 0.788. The van der Waals surface area contributed by atoms with Crippen LogP contribution in [0.1, 0.15) is 24.1 Å². The smallest absolute Gasteiger partial charge is 0.247 e. The molecule has 1 unspecified atom stereocenters. The van der Waals surface area contributed by atoms with Crippen LogP contribution in [0.2, 0.25) is 5.02 Å². The summed E-state index contributed by atoms with van der Waals surface area (Å²) in [6, 6.07) is 4.37. The van der Waals surface area contributed by atoms with Crippen LogP contribution in [-0.4, -0.2) is 10.2 Å². The van der Waals surface area contributed by atoms with Crippen molar-refractivity contribution in [2.24, 2.45) is 0 Å². The zero-order valence-electron chi connectivity index (χ0n) is 8.95. The maximum atomic E-state index is 13.3. The molecule has 2 aromatic rings. The number of hydrogen-bond donors (Lipinski definition) is 0. The fraction of sp³-hybridized carbons (Fsp3) is 0.273. The van der Waals surface area contributed by atoms with Crippen LogP contribution in [0.25, 0.3) is 11.5 Å². The monoisotopic (exact) mass is 318 g/mol. The number of nitrogens with zero attached hydrogens (tertiary/aromatic N) is 2. The van der Waals surface area contributed by atoms with Gasteiger partial charge in [0.15, 0.2) is 0 Å². The van der Waals surface area contributed by atoms with Crippen LogP contribution in [0.15, 0.2) is 22.6 Å². The van der Waals surface area contributed by atoms with Gasteiger partial charge in [-0.15, -0.1) is 10.2 Å². The zero-order chi connectivity index (χ0) is 12.4. The van der Waals surface area contributed by atoms with Crippen molar-refractivity contribution in [1.82, 2.24) is 10.2 Å². The Morgan fingerprint density at radius 1 is 1.47 bits per heavy atom. The molecule has 90 valence electrons. The zero-order valence-corrected chi connectivity index (χ0v) is 11.3. The second kappa shape index (κ2) is 5.14. The van der Waals surface area contributed by atoms with Crippen LogP contribution in [0, 0.1) is 5.82 Å². The Kier molecular flexibility index (Phi) is 3.79. The second-order valence-electron chi connectivity index (χ2n) is 3.45. The molecule has 1 aromatic carbocycles. The van der Waals surface area contributed by atoms with Crippen molar-refractivity contribution in [1.29, 1.82) is 0 Å². The van der Waals surface area contributed by atoms with E-state index in [9.17, 15) is 4.39 Å². The number of aromatic nitrogens is 2. The van der Waals surface area contributed by atoms with Gasteiger partial charge < -0.3 is 4.42 Å². The molecule has 1 aromatic heterocycles. The predicted octanol–water partition coefficient (Wildman–Crippen LogP) is 4.38. The highest BCUT2D eigenvalue weighted by atomic mass is 79.9. The first kappa shape index (κ1) is 12.5. The Hall–Kier alpha value is -0.940. The van der Waals surface area contributed by atoms with Crippen LogP contribution < -0.4 is 0 Å². The Morgan fingerprint density at radius 2 is 2.24 bits per heavy atom. The lowest BCUT2D eigenvalue weighted by Crippen LogP contribution is -1.86. The first-order valence-corrected chi connectivity index (χ1v) is 6.34. The van der Waals surface area contributed by atoms with Gasteiger partial charge in [-0.3, -0.25) is 0 Å². The summed E-state index contributed by atoms with van der Waals surface area (Å²) in [6.45, 7) is 1.99. The minimum absolute atomic E-state index is 0.0147. The number of rotatable bonds is 3. The SMILES string of the molecule is CCC(Br)c1nnc(-c2ccc(Cl)c(F)c2)o1. The van der Waals surface area contributed by atoms with Crippen molar-refractivity contribution >= 4 is 27.5 Å². The van der Waals surface area contributed by atoms with E-state index in [0.29, 0.717) is 11.5 Å². The molecule has 0 spiro atoms. The summed E-state index contributed by atoms with van der Waals surface area (Å²) in [4.78, 5) is 0.0147. The molecule has 0 aliphatic heterocycles. The molecule has 0 amide bonds. The van der Waals surface area contributed by atoms with Gasteiger partial charge in [-0.25, -0.2) is 4.39 Å². The van der Waals surface area contributed by atoms with E-state index in [1.54, 1.807) is 6.07 Å². The third kappa shape index (κ3) is 2.66. The molecule has 0 radical (unpaired) electrons. The Morgan fingerprint density at radius 3 is 2.88 bits per heavy atom. The van der Waals surface area contributed by atoms with Gasteiger partial charge in [0.05, 0.1) is 9.85 Å². The van der Waals surface area contributed by atoms with Crippen molar-refractivity contribution in [2.45, 2.75) is 18.2 Å². The maximum absolute atomic E-state index is 13.3. The molecule has 6 heteroatoms. The van der Waals surface area contributed by atoms with Gasteiger partial charge in [-0.1, -0.05) is 34.5 Å². The molecule has 17 heavy (non-hydrogen) atoms. The molecule has 2 rings (SSSR count). The Bertz CT molecular complexity index is 532. The van der Waals surface area contributed by atoms with Gasteiger partial charge >= 0.3 is 0 Å². The van der Waals surface area contributed by atoms with Crippen LogP contribution in [0.5, 0.6) is 0 Å². The summed E-state index contributed by atoms with van der Waals surface area (Å²) in [5.41, 5.74) is 0.515. The number of benzene rings is 1. The third-order valence-electron chi connectivity index (χ3n) is 2.23.